The second kappa shape index (κ2) is 9.30. The number of rotatable bonds is 10. The van der Waals surface area contributed by atoms with Crippen molar-refractivity contribution in [3.8, 4) is 0 Å². The third kappa shape index (κ3) is 6.33. The molecule has 5 nitrogen and oxygen atoms in total. The van der Waals surface area contributed by atoms with Gasteiger partial charge in [0.25, 0.3) is 0 Å². The largest absolute Gasteiger partial charge is 0.465 e. The van der Waals surface area contributed by atoms with Gasteiger partial charge in [0, 0.05) is 13.7 Å². The Morgan fingerprint density at radius 1 is 1.44 bits per heavy atom. The second-order valence-corrected chi connectivity index (χ2v) is 4.54. The van der Waals surface area contributed by atoms with E-state index in [-0.39, 0.29) is 12.1 Å². The van der Waals surface area contributed by atoms with Crippen molar-refractivity contribution in [1.82, 2.24) is 5.32 Å². The molecular formula is C13H27NO4. The summed E-state index contributed by atoms with van der Waals surface area (Å²) in [4.78, 5) is 11.8. The zero-order valence-corrected chi connectivity index (χ0v) is 12.2. The van der Waals surface area contributed by atoms with Crippen molar-refractivity contribution in [3.63, 3.8) is 0 Å². The molecule has 2 unspecified atom stereocenters. The number of esters is 1. The summed E-state index contributed by atoms with van der Waals surface area (Å²) in [7, 11) is 3.42. The van der Waals surface area contributed by atoms with Crippen LogP contribution in [0.2, 0.25) is 0 Å². The second-order valence-electron chi connectivity index (χ2n) is 4.54. The van der Waals surface area contributed by atoms with Gasteiger partial charge in [0.1, 0.15) is 5.54 Å². The number of likely N-dealkylation sites (N-methyl/N-ethyl adjacent to an activating group) is 1. The summed E-state index contributed by atoms with van der Waals surface area (Å²) in [5.41, 5.74) is -0.635. The Morgan fingerprint density at radius 2 is 2.11 bits per heavy atom. The van der Waals surface area contributed by atoms with Crippen molar-refractivity contribution in [2.75, 3.05) is 34.0 Å². The van der Waals surface area contributed by atoms with Crippen LogP contribution in [0.1, 0.15) is 33.6 Å². The van der Waals surface area contributed by atoms with Crippen LogP contribution in [-0.4, -0.2) is 51.6 Å². The number of carbonyl (C=O) groups excluding carboxylic acids is 1. The Labute approximate surface area is 110 Å². The first-order chi connectivity index (χ1) is 8.50. The summed E-state index contributed by atoms with van der Waals surface area (Å²) in [5.74, 6) is -0.211. The first-order valence-corrected chi connectivity index (χ1v) is 6.46. The molecule has 0 bridgehead atoms. The standard InChI is InChI=1S/C13H27NO4/c1-6-17-12(15)13(3,14-4)8-7-9-18-11(2)10-16-5/h11,14H,6-10H2,1-5H3. The first-order valence-electron chi connectivity index (χ1n) is 6.46. The van der Waals surface area contributed by atoms with Crippen LogP contribution in [0.5, 0.6) is 0 Å². The molecule has 5 heteroatoms. The number of methoxy groups -OCH3 is 1. The number of hydrogen-bond acceptors (Lipinski definition) is 5. The maximum Gasteiger partial charge on any atom is 0.326 e. The molecule has 0 aromatic rings. The molecule has 0 aliphatic rings. The Bertz CT molecular complexity index is 235. The molecule has 0 aromatic heterocycles. The van der Waals surface area contributed by atoms with Crippen molar-refractivity contribution in [1.29, 1.82) is 0 Å². The van der Waals surface area contributed by atoms with Gasteiger partial charge in [0.15, 0.2) is 0 Å². The first kappa shape index (κ1) is 17.4. The van der Waals surface area contributed by atoms with Crippen LogP contribution in [0.25, 0.3) is 0 Å². The highest BCUT2D eigenvalue weighted by Crippen LogP contribution is 2.14. The fraction of sp³-hybridized carbons (Fsp3) is 0.923. The highest BCUT2D eigenvalue weighted by atomic mass is 16.5. The number of nitrogens with one attached hydrogen (secondary N) is 1. The average molecular weight is 261 g/mol. The number of carbonyl (C=O) groups is 1. The molecule has 1 N–H and O–H groups in total. The van der Waals surface area contributed by atoms with E-state index in [1.807, 2.05) is 20.8 Å². The fourth-order valence-corrected chi connectivity index (χ4v) is 1.61. The SMILES string of the molecule is CCOC(=O)C(C)(CCCOC(C)COC)NC. The summed E-state index contributed by atoms with van der Waals surface area (Å²) in [5, 5.41) is 3.02. The quantitative estimate of drug-likeness (QED) is 0.475. The molecule has 0 spiro atoms. The van der Waals surface area contributed by atoms with E-state index in [1.165, 1.54) is 0 Å². The minimum atomic E-state index is -0.635. The zero-order valence-electron chi connectivity index (χ0n) is 12.2. The molecule has 0 aromatic carbocycles. The molecule has 0 fully saturated rings. The molecule has 0 saturated heterocycles. The molecule has 0 amide bonds. The van der Waals surface area contributed by atoms with Gasteiger partial charge < -0.3 is 19.5 Å². The highest BCUT2D eigenvalue weighted by molar-refractivity contribution is 5.80. The van der Waals surface area contributed by atoms with E-state index >= 15 is 0 Å². The van der Waals surface area contributed by atoms with Crippen molar-refractivity contribution >= 4 is 5.97 Å². The molecule has 0 heterocycles. The van der Waals surface area contributed by atoms with Crippen LogP contribution in [0.3, 0.4) is 0 Å². The summed E-state index contributed by atoms with van der Waals surface area (Å²) in [6.45, 7) is 7.22. The molecule has 0 saturated carbocycles. The molecule has 108 valence electrons. The normalized spacial score (nSPS) is 16.1. The topological polar surface area (TPSA) is 56.8 Å². The third-order valence-electron chi connectivity index (χ3n) is 2.90. The van der Waals surface area contributed by atoms with Gasteiger partial charge in [-0.15, -0.1) is 0 Å². The Morgan fingerprint density at radius 3 is 2.61 bits per heavy atom. The predicted octanol–water partition coefficient (Wildman–Crippen LogP) is 1.36. The number of ether oxygens (including phenoxy) is 3. The van der Waals surface area contributed by atoms with E-state index in [1.54, 1.807) is 14.2 Å². The summed E-state index contributed by atoms with van der Waals surface area (Å²) < 4.78 is 15.6. The fourth-order valence-electron chi connectivity index (χ4n) is 1.61. The van der Waals surface area contributed by atoms with Crippen molar-refractivity contribution in [3.05, 3.63) is 0 Å². The van der Waals surface area contributed by atoms with Crippen molar-refractivity contribution in [2.45, 2.75) is 45.3 Å². The van der Waals surface area contributed by atoms with Gasteiger partial charge in [0.05, 0.1) is 19.3 Å². The minimum Gasteiger partial charge on any atom is -0.465 e. The van der Waals surface area contributed by atoms with Gasteiger partial charge >= 0.3 is 5.97 Å². The molecule has 0 aliphatic heterocycles. The smallest absolute Gasteiger partial charge is 0.326 e. The van der Waals surface area contributed by atoms with Crippen LogP contribution >= 0.6 is 0 Å². The third-order valence-corrected chi connectivity index (χ3v) is 2.90. The highest BCUT2D eigenvalue weighted by Gasteiger charge is 2.32. The van der Waals surface area contributed by atoms with Gasteiger partial charge in [-0.2, -0.15) is 0 Å². The van der Waals surface area contributed by atoms with E-state index < -0.39 is 5.54 Å². The lowest BCUT2D eigenvalue weighted by molar-refractivity contribution is -0.150. The zero-order chi connectivity index (χ0) is 14.0. The molecular weight excluding hydrogens is 234 g/mol. The summed E-state index contributed by atoms with van der Waals surface area (Å²) in [6, 6.07) is 0. The Kier molecular flexibility index (Phi) is 8.97. The van der Waals surface area contributed by atoms with Gasteiger partial charge in [-0.05, 0) is 40.7 Å². The van der Waals surface area contributed by atoms with Crippen LogP contribution in [0, 0.1) is 0 Å². The lowest BCUT2D eigenvalue weighted by atomic mass is 9.96. The number of hydrogen-bond donors (Lipinski definition) is 1. The molecule has 0 radical (unpaired) electrons. The molecule has 0 aliphatic carbocycles. The van der Waals surface area contributed by atoms with Gasteiger partial charge in [-0.25, -0.2) is 0 Å². The summed E-state index contributed by atoms with van der Waals surface area (Å²) >= 11 is 0. The molecule has 2 atom stereocenters. The summed E-state index contributed by atoms with van der Waals surface area (Å²) in [6.07, 6.45) is 1.56. The lowest BCUT2D eigenvalue weighted by Gasteiger charge is -2.26. The van der Waals surface area contributed by atoms with Gasteiger partial charge in [-0.3, -0.25) is 4.79 Å². The Balaban J connectivity index is 3.96. The maximum atomic E-state index is 11.8. The van der Waals surface area contributed by atoms with Crippen LogP contribution < -0.4 is 5.32 Å². The lowest BCUT2D eigenvalue weighted by Crippen LogP contribution is -2.48. The molecule has 0 rings (SSSR count). The predicted molar refractivity (Wildman–Crippen MR) is 70.6 cm³/mol. The average Bonchev–Trinajstić information content (AvgIpc) is 2.35. The van der Waals surface area contributed by atoms with E-state index in [9.17, 15) is 4.79 Å². The van der Waals surface area contributed by atoms with E-state index in [0.717, 1.165) is 6.42 Å². The monoisotopic (exact) mass is 261 g/mol. The van der Waals surface area contributed by atoms with Gasteiger partial charge in [-0.1, -0.05) is 0 Å². The van der Waals surface area contributed by atoms with Crippen molar-refractivity contribution in [2.24, 2.45) is 0 Å². The van der Waals surface area contributed by atoms with Crippen LogP contribution in [0.15, 0.2) is 0 Å². The van der Waals surface area contributed by atoms with E-state index in [4.69, 9.17) is 14.2 Å². The van der Waals surface area contributed by atoms with E-state index in [2.05, 4.69) is 5.32 Å². The Hall–Kier alpha value is -0.650. The van der Waals surface area contributed by atoms with Crippen LogP contribution in [-0.2, 0) is 19.0 Å². The van der Waals surface area contributed by atoms with E-state index in [0.29, 0.717) is 26.2 Å². The van der Waals surface area contributed by atoms with Gasteiger partial charge in [0.2, 0.25) is 0 Å². The molecule has 18 heavy (non-hydrogen) atoms. The van der Waals surface area contributed by atoms with Crippen molar-refractivity contribution < 1.29 is 19.0 Å². The van der Waals surface area contributed by atoms with Crippen LogP contribution in [0.4, 0.5) is 0 Å². The maximum absolute atomic E-state index is 11.8. The minimum absolute atomic E-state index is 0.0819.